The monoisotopic (exact) mass is 221 g/mol. The summed E-state index contributed by atoms with van der Waals surface area (Å²) in [5.74, 6) is -0.709. The van der Waals surface area contributed by atoms with Gasteiger partial charge in [0, 0.05) is 5.02 Å². The summed E-state index contributed by atoms with van der Waals surface area (Å²) < 4.78 is 0. The van der Waals surface area contributed by atoms with Crippen molar-refractivity contribution >= 4 is 17.4 Å². The molecule has 15 heavy (non-hydrogen) atoms. The van der Waals surface area contributed by atoms with E-state index in [4.69, 9.17) is 16.9 Å². The summed E-state index contributed by atoms with van der Waals surface area (Å²) in [5.41, 5.74) is 1.92. The number of nitrogens with zero attached hydrogens (tertiary/aromatic N) is 1. The van der Waals surface area contributed by atoms with Gasteiger partial charge in [-0.05, 0) is 37.5 Å². The minimum atomic E-state index is -0.592. The van der Waals surface area contributed by atoms with Crippen molar-refractivity contribution in [1.29, 1.82) is 5.26 Å². The van der Waals surface area contributed by atoms with Crippen LogP contribution in [-0.2, 0) is 11.2 Å². The van der Waals surface area contributed by atoms with Gasteiger partial charge in [0.2, 0.25) is 0 Å². The molecule has 1 atom stereocenters. The van der Waals surface area contributed by atoms with Crippen LogP contribution in [0.2, 0.25) is 5.02 Å². The second kappa shape index (κ2) is 4.95. The highest BCUT2D eigenvalue weighted by Gasteiger charge is 2.15. The Balaban J connectivity index is 2.90. The van der Waals surface area contributed by atoms with Crippen LogP contribution in [-0.4, -0.2) is 5.78 Å². The van der Waals surface area contributed by atoms with E-state index in [1.165, 1.54) is 6.92 Å². The Morgan fingerprint density at radius 1 is 1.60 bits per heavy atom. The fraction of sp³-hybridized carbons (Fsp3) is 0.333. The molecule has 78 valence electrons. The molecule has 0 bridgehead atoms. The van der Waals surface area contributed by atoms with E-state index in [1.807, 2.05) is 31.2 Å². The number of aryl methyl sites for hydroxylation is 1. The van der Waals surface area contributed by atoms with Crippen molar-refractivity contribution < 1.29 is 4.79 Å². The number of halogens is 1. The molecule has 0 saturated heterocycles. The summed E-state index contributed by atoms with van der Waals surface area (Å²) in [4.78, 5) is 11.1. The Morgan fingerprint density at radius 3 is 2.73 bits per heavy atom. The molecule has 0 radical (unpaired) electrons. The second-order valence-corrected chi connectivity index (χ2v) is 4.00. The van der Waals surface area contributed by atoms with E-state index >= 15 is 0 Å². The SMILES string of the molecule is CC(=O)C(C#N)Cc1ccc(C)cc1Cl. The van der Waals surface area contributed by atoms with Crippen molar-refractivity contribution in [2.24, 2.45) is 5.92 Å². The first-order chi connectivity index (χ1) is 7.04. The van der Waals surface area contributed by atoms with E-state index in [0.717, 1.165) is 11.1 Å². The standard InChI is InChI=1S/C12H12ClNO/c1-8-3-4-10(12(13)5-8)6-11(7-14)9(2)15/h3-5,11H,6H2,1-2H3. The fourth-order valence-electron chi connectivity index (χ4n) is 1.32. The lowest BCUT2D eigenvalue weighted by Crippen LogP contribution is -2.11. The average molecular weight is 222 g/mol. The summed E-state index contributed by atoms with van der Waals surface area (Å²) >= 11 is 6.01. The molecule has 0 fully saturated rings. The summed E-state index contributed by atoms with van der Waals surface area (Å²) in [6.07, 6.45) is 0.394. The maximum Gasteiger partial charge on any atom is 0.147 e. The summed E-state index contributed by atoms with van der Waals surface area (Å²) in [6, 6.07) is 7.61. The van der Waals surface area contributed by atoms with E-state index < -0.39 is 5.92 Å². The predicted molar refractivity (Wildman–Crippen MR) is 59.7 cm³/mol. The van der Waals surface area contributed by atoms with Gasteiger partial charge >= 0.3 is 0 Å². The topological polar surface area (TPSA) is 40.9 Å². The molecule has 0 aromatic heterocycles. The third kappa shape index (κ3) is 3.07. The Morgan fingerprint density at radius 2 is 2.27 bits per heavy atom. The minimum Gasteiger partial charge on any atom is -0.299 e. The molecule has 0 amide bonds. The van der Waals surface area contributed by atoms with E-state index in [9.17, 15) is 4.79 Å². The number of Topliss-reactive ketones (excluding diaryl/α,β-unsaturated/α-hetero) is 1. The Hall–Kier alpha value is -1.33. The molecule has 0 N–H and O–H groups in total. The highest BCUT2D eigenvalue weighted by molar-refractivity contribution is 6.31. The number of hydrogen-bond donors (Lipinski definition) is 0. The van der Waals surface area contributed by atoms with E-state index in [1.54, 1.807) is 0 Å². The highest BCUT2D eigenvalue weighted by atomic mass is 35.5. The Labute approximate surface area is 94.5 Å². The third-order valence-electron chi connectivity index (χ3n) is 2.28. The summed E-state index contributed by atoms with van der Waals surface area (Å²) in [7, 11) is 0. The van der Waals surface area contributed by atoms with Crippen LogP contribution >= 0.6 is 11.6 Å². The zero-order chi connectivity index (χ0) is 11.4. The van der Waals surface area contributed by atoms with Gasteiger partial charge in [-0.1, -0.05) is 23.7 Å². The van der Waals surface area contributed by atoms with Crippen LogP contribution < -0.4 is 0 Å². The van der Waals surface area contributed by atoms with Crippen molar-refractivity contribution in [2.45, 2.75) is 20.3 Å². The Kier molecular flexibility index (Phi) is 3.88. The molecule has 0 heterocycles. The van der Waals surface area contributed by atoms with Crippen molar-refractivity contribution in [3.63, 3.8) is 0 Å². The van der Waals surface area contributed by atoms with Gasteiger partial charge in [-0.2, -0.15) is 5.26 Å². The molecular weight excluding hydrogens is 210 g/mol. The minimum absolute atomic E-state index is 0.117. The van der Waals surface area contributed by atoms with Crippen LogP contribution in [0.3, 0.4) is 0 Å². The number of carbonyl (C=O) groups is 1. The first-order valence-electron chi connectivity index (χ1n) is 4.69. The number of carbonyl (C=O) groups excluding carboxylic acids is 1. The van der Waals surface area contributed by atoms with Gasteiger partial charge in [0.15, 0.2) is 0 Å². The lowest BCUT2D eigenvalue weighted by Gasteiger charge is -2.07. The fourth-order valence-corrected chi connectivity index (χ4v) is 1.63. The first kappa shape index (κ1) is 11.7. The van der Waals surface area contributed by atoms with Crippen molar-refractivity contribution in [1.82, 2.24) is 0 Å². The van der Waals surface area contributed by atoms with Crippen LogP contribution in [0.25, 0.3) is 0 Å². The van der Waals surface area contributed by atoms with Gasteiger partial charge in [-0.3, -0.25) is 4.79 Å². The predicted octanol–water partition coefficient (Wildman–Crippen LogP) is 2.92. The van der Waals surface area contributed by atoms with E-state index in [2.05, 4.69) is 0 Å². The van der Waals surface area contributed by atoms with Crippen LogP contribution in [0, 0.1) is 24.2 Å². The number of rotatable bonds is 3. The largest absolute Gasteiger partial charge is 0.299 e. The van der Waals surface area contributed by atoms with E-state index in [0.29, 0.717) is 11.4 Å². The van der Waals surface area contributed by atoms with Crippen LogP contribution in [0.15, 0.2) is 18.2 Å². The summed E-state index contributed by atoms with van der Waals surface area (Å²) in [5, 5.41) is 9.41. The molecule has 1 aromatic carbocycles. The normalized spacial score (nSPS) is 11.9. The van der Waals surface area contributed by atoms with Crippen molar-refractivity contribution in [3.8, 4) is 6.07 Å². The van der Waals surface area contributed by atoms with Crippen LogP contribution in [0.5, 0.6) is 0 Å². The zero-order valence-corrected chi connectivity index (χ0v) is 9.51. The van der Waals surface area contributed by atoms with Crippen LogP contribution in [0.1, 0.15) is 18.1 Å². The molecule has 1 rings (SSSR count). The van der Waals surface area contributed by atoms with Gasteiger partial charge < -0.3 is 0 Å². The molecule has 0 saturated carbocycles. The molecule has 3 heteroatoms. The molecule has 0 aliphatic heterocycles. The third-order valence-corrected chi connectivity index (χ3v) is 2.63. The maximum absolute atomic E-state index is 11.1. The molecular formula is C12H12ClNO. The maximum atomic E-state index is 11.1. The number of ketones is 1. The average Bonchev–Trinajstić information content (AvgIpc) is 2.16. The summed E-state index contributed by atoms with van der Waals surface area (Å²) in [6.45, 7) is 3.37. The molecule has 0 aliphatic carbocycles. The molecule has 0 aliphatic rings. The molecule has 1 unspecified atom stereocenters. The highest BCUT2D eigenvalue weighted by Crippen LogP contribution is 2.20. The molecule has 1 aromatic rings. The van der Waals surface area contributed by atoms with Crippen molar-refractivity contribution in [2.75, 3.05) is 0 Å². The van der Waals surface area contributed by atoms with Gasteiger partial charge in [0.1, 0.15) is 11.7 Å². The van der Waals surface area contributed by atoms with Crippen molar-refractivity contribution in [3.05, 3.63) is 34.3 Å². The van der Waals surface area contributed by atoms with E-state index in [-0.39, 0.29) is 5.78 Å². The van der Waals surface area contributed by atoms with Gasteiger partial charge in [-0.15, -0.1) is 0 Å². The Bertz CT molecular complexity index is 420. The number of benzene rings is 1. The quantitative estimate of drug-likeness (QED) is 0.788. The molecule has 2 nitrogen and oxygen atoms in total. The smallest absolute Gasteiger partial charge is 0.147 e. The van der Waals surface area contributed by atoms with Gasteiger partial charge in [0.25, 0.3) is 0 Å². The number of nitriles is 1. The van der Waals surface area contributed by atoms with Gasteiger partial charge in [-0.25, -0.2) is 0 Å². The lowest BCUT2D eigenvalue weighted by molar-refractivity contribution is -0.119. The number of hydrogen-bond acceptors (Lipinski definition) is 2. The second-order valence-electron chi connectivity index (χ2n) is 3.59. The molecule has 0 spiro atoms. The van der Waals surface area contributed by atoms with Gasteiger partial charge in [0.05, 0.1) is 6.07 Å². The lowest BCUT2D eigenvalue weighted by atomic mass is 9.97. The zero-order valence-electron chi connectivity index (χ0n) is 8.75. The van der Waals surface area contributed by atoms with Crippen LogP contribution in [0.4, 0.5) is 0 Å². The first-order valence-corrected chi connectivity index (χ1v) is 5.07.